The van der Waals surface area contributed by atoms with Gasteiger partial charge in [-0.25, -0.2) is 4.79 Å². The van der Waals surface area contributed by atoms with Gasteiger partial charge in [0.05, 0.1) is 5.56 Å². The zero-order valence-electron chi connectivity index (χ0n) is 13.7. The van der Waals surface area contributed by atoms with Crippen LogP contribution in [-0.4, -0.2) is 29.1 Å². The van der Waals surface area contributed by atoms with E-state index in [1.807, 2.05) is 12.1 Å². The molecule has 0 saturated carbocycles. The van der Waals surface area contributed by atoms with Gasteiger partial charge in [-0.2, -0.15) is 0 Å². The van der Waals surface area contributed by atoms with E-state index in [-0.39, 0.29) is 0 Å². The summed E-state index contributed by atoms with van der Waals surface area (Å²) in [5, 5.41) is 12.3. The van der Waals surface area contributed by atoms with Crippen LogP contribution in [0.1, 0.15) is 35.3 Å². The fraction of sp³-hybridized carbons (Fsp3) is 0.316. The molecule has 0 aliphatic rings. The summed E-state index contributed by atoms with van der Waals surface area (Å²) in [6.07, 6.45) is 0. The van der Waals surface area contributed by atoms with Crippen molar-refractivity contribution in [1.82, 2.24) is 4.90 Å². The van der Waals surface area contributed by atoms with Crippen molar-refractivity contribution in [3.8, 4) is 0 Å². The Morgan fingerprint density at radius 3 is 2.35 bits per heavy atom. The fourth-order valence-corrected chi connectivity index (χ4v) is 2.45. The zero-order chi connectivity index (χ0) is 16.7. The maximum Gasteiger partial charge on any atom is 0.335 e. The molecule has 0 radical (unpaired) electrons. The Morgan fingerprint density at radius 2 is 1.74 bits per heavy atom. The third-order valence-corrected chi connectivity index (χ3v) is 3.93. The summed E-state index contributed by atoms with van der Waals surface area (Å²) in [4.78, 5) is 13.2. The summed E-state index contributed by atoms with van der Waals surface area (Å²) in [6, 6.07) is 15.4. The van der Waals surface area contributed by atoms with E-state index in [9.17, 15) is 4.79 Å². The molecule has 122 valence electrons. The van der Waals surface area contributed by atoms with E-state index < -0.39 is 5.97 Å². The van der Waals surface area contributed by atoms with Crippen LogP contribution in [0.2, 0.25) is 0 Å². The minimum atomic E-state index is -0.895. The Labute approximate surface area is 137 Å². The Kier molecular flexibility index (Phi) is 6.18. The molecule has 0 spiro atoms. The number of hydrogen-bond acceptors (Lipinski definition) is 3. The second-order valence-electron chi connectivity index (χ2n) is 5.52. The van der Waals surface area contributed by atoms with E-state index in [0.29, 0.717) is 12.1 Å². The number of nitrogens with zero attached hydrogens (tertiary/aromatic N) is 1. The molecule has 0 atom stereocenters. The van der Waals surface area contributed by atoms with Crippen molar-refractivity contribution in [2.45, 2.75) is 26.9 Å². The predicted molar refractivity (Wildman–Crippen MR) is 93.8 cm³/mol. The number of nitrogens with one attached hydrogen (secondary N) is 1. The summed E-state index contributed by atoms with van der Waals surface area (Å²) in [7, 11) is 0. The first-order valence-electron chi connectivity index (χ1n) is 7.99. The molecule has 0 saturated heterocycles. The van der Waals surface area contributed by atoms with Gasteiger partial charge in [-0.05, 0) is 48.5 Å². The van der Waals surface area contributed by atoms with Crippen LogP contribution in [0.25, 0.3) is 0 Å². The number of carboxylic acids is 1. The van der Waals surface area contributed by atoms with Crippen molar-refractivity contribution in [1.29, 1.82) is 0 Å². The highest BCUT2D eigenvalue weighted by atomic mass is 16.4. The van der Waals surface area contributed by atoms with Crippen LogP contribution in [-0.2, 0) is 13.1 Å². The molecule has 0 unspecified atom stereocenters. The maximum atomic E-state index is 10.8. The van der Waals surface area contributed by atoms with Gasteiger partial charge in [0.1, 0.15) is 0 Å². The van der Waals surface area contributed by atoms with Crippen LogP contribution in [0.4, 0.5) is 5.69 Å². The second-order valence-corrected chi connectivity index (χ2v) is 5.52. The van der Waals surface area contributed by atoms with Gasteiger partial charge in [0, 0.05) is 18.8 Å². The lowest BCUT2D eigenvalue weighted by Crippen LogP contribution is -2.22. The normalized spacial score (nSPS) is 10.7. The first-order chi connectivity index (χ1) is 11.1. The lowest BCUT2D eigenvalue weighted by Gasteiger charge is -2.18. The van der Waals surface area contributed by atoms with Crippen LogP contribution >= 0.6 is 0 Å². The molecule has 0 fully saturated rings. The van der Waals surface area contributed by atoms with Crippen LogP contribution in [0, 0.1) is 0 Å². The average Bonchev–Trinajstić information content (AvgIpc) is 2.58. The van der Waals surface area contributed by atoms with Gasteiger partial charge in [0.15, 0.2) is 0 Å². The third kappa shape index (κ3) is 5.11. The molecule has 4 heteroatoms. The van der Waals surface area contributed by atoms with E-state index in [1.165, 1.54) is 5.56 Å². The number of anilines is 1. The first-order valence-corrected chi connectivity index (χ1v) is 7.99. The van der Waals surface area contributed by atoms with Crippen molar-refractivity contribution in [3.05, 3.63) is 65.2 Å². The van der Waals surface area contributed by atoms with Crippen LogP contribution in [0.5, 0.6) is 0 Å². The average molecular weight is 312 g/mol. The molecule has 23 heavy (non-hydrogen) atoms. The lowest BCUT2D eigenvalue weighted by atomic mass is 10.1. The van der Waals surface area contributed by atoms with Gasteiger partial charge in [-0.1, -0.05) is 38.1 Å². The summed E-state index contributed by atoms with van der Waals surface area (Å²) in [5.41, 5.74) is 3.75. The first kappa shape index (κ1) is 17.0. The Hall–Kier alpha value is -2.33. The number of aromatic carboxylic acids is 1. The quantitative estimate of drug-likeness (QED) is 0.777. The molecule has 2 N–H and O–H groups in total. The molecular weight excluding hydrogens is 288 g/mol. The highest BCUT2D eigenvalue weighted by molar-refractivity contribution is 5.87. The molecule has 0 heterocycles. The number of benzene rings is 2. The van der Waals surface area contributed by atoms with Gasteiger partial charge >= 0.3 is 5.97 Å². The molecule has 0 bridgehead atoms. The van der Waals surface area contributed by atoms with Crippen molar-refractivity contribution < 1.29 is 9.90 Å². The lowest BCUT2D eigenvalue weighted by molar-refractivity contribution is 0.0697. The summed E-state index contributed by atoms with van der Waals surface area (Å²) < 4.78 is 0. The number of rotatable bonds is 8. The Balaban J connectivity index is 1.96. The standard InChI is InChI=1S/C19H24N2O2/c1-3-21(4-2)14-16-6-5-7-18(12-16)20-13-15-8-10-17(11-9-15)19(22)23/h5-12,20H,3-4,13-14H2,1-2H3,(H,22,23). The van der Waals surface area contributed by atoms with E-state index in [4.69, 9.17) is 5.11 Å². The van der Waals surface area contributed by atoms with Crippen LogP contribution in [0.3, 0.4) is 0 Å². The summed E-state index contributed by atoms with van der Waals surface area (Å²) in [6.45, 7) is 8.07. The van der Waals surface area contributed by atoms with Gasteiger partial charge in [-0.15, -0.1) is 0 Å². The molecule has 0 amide bonds. The zero-order valence-corrected chi connectivity index (χ0v) is 13.7. The molecule has 2 rings (SSSR count). The molecule has 0 aliphatic heterocycles. The van der Waals surface area contributed by atoms with Crippen molar-refractivity contribution in [3.63, 3.8) is 0 Å². The van der Waals surface area contributed by atoms with Gasteiger partial charge in [0.2, 0.25) is 0 Å². The molecule has 2 aromatic rings. The van der Waals surface area contributed by atoms with Crippen LogP contribution in [0.15, 0.2) is 48.5 Å². The minimum Gasteiger partial charge on any atom is -0.478 e. The van der Waals surface area contributed by atoms with E-state index >= 15 is 0 Å². The van der Waals surface area contributed by atoms with Crippen molar-refractivity contribution >= 4 is 11.7 Å². The molecule has 4 nitrogen and oxygen atoms in total. The Bertz CT molecular complexity index is 634. The van der Waals surface area contributed by atoms with Gasteiger partial charge in [-0.3, -0.25) is 4.90 Å². The van der Waals surface area contributed by atoms with E-state index in [0.717, 1.165) is 30.9 Å². The van der Waals surface area contributed by atoms with Crippen molar-refractivity contribution in [2.75, 3.05) is 18.4 Å². The van der Waals surface area contributed by atoms with Crippen LogP contribution < -0.4 is 5.32 Å². The number of carbonyl (C=O) groups is 1. The second kappa shape index (κ2) is 8.34. The number of carboxylic acid groups (broad SMARTS) is 1. The van der Waals surface area contributed by atoms with Gasteiger partial charge in [0.25, 0.3) is 0 Å². The molecule has 2 aromatic carbocycles. The molecular formula is C19H24N2O2. The largest absolute Gasteiger partial charge is 0.478 e. The summed E-state index contributed by atoms with van der Waals surface area (Å²) >= 11 is 0. The smallest absolute Gasteiger partial charge is 0.335 e. The fourth-order valence-electron chi connectivity index (χ4n) is 2.45. The molecule has 0 aliphatic carbocycles. The van der Waals surface area contributed by atoms with Crippen molar-refractivity contribution in [2.24, 2.45) is 0 Å². The van der Waals surface area contributed by atoms with Gasteiger partial charge < -0.3 is 10.4 Å². The maximum absolute atomic E-state index is 10.8. The minimum absolute atomic E-state index is 0.315. The predicted octanol–water partition coefficient (Wildman–Crippen LogP) is 3.84. The van der Waals surface area contributed by atoms with E-state index in [1.54, 1.807) is 12.1 Å². The third-order valence-electron chi connectivity index (χ3n) is 3.93. The monoisotopic (exact) mass is 312 g/mol. The van der Waals surface area contributed by atoms with E-state index in [2.05, 4.69) is 48.3 Å². The highest BCUT2D eigenvalue weighted by Crippen LogP contribution is 2.14. The molecule has 0 aromatic heterocycles. The number of hydrogen-bond donors (Lipinski definition) is 2. The highest BCUT2D eigenvalue weighted by Gasteiger charge is 2.03. The summed E-state index contributed by atoms with van der Waals surface area (Å²) in [5.74, 6) is -0.895. The Morgan fingerprint density at radius 1 is 1.04 bits per heavy atom. The SMILES string of the molecule is CCN(CC)Cc1cccc(NCc2ccc(C(=O)O)cc2)c1. The topological polar surface area (TPSA) is 52.6 Å².